The Labute approximate surface area is 257 Å². The zero-order valence-corrected chi connectivity index (χ0v) is 26.5. The number of nitrogens with zero attached hydrogens (tertiary/aromatic N) is 3. The van der Waals surface area contributed by atoms with Crippen LogP contribution in [0.2, 0.25) is 0 Å². The van der Waals surface area contributed by atoms with Crippen LogP contribution in [0.1, 0.15) is 95.0 Å². The molecule has 8 heteroatoms. The maximum Gasteiger partial charge on any atom is 0.410 e. The molecule has 3 rings (SSSR count). The fourth-order valence-electron chi connectivity index (χ4n) is 5.39. The average molecular weight is 590 g/mol. The molecule has 0 aromatic heterocycles. The Hall–Kier alpha value is -3.86. The topological polar surface area (TPSA) is 80.5 Å². The zero-order chi connectivity index (χ0) is 31.4. The molecule has 0 aliphatic carbocycles. The van der Waals surface area contributed by atoms with Crippen molar-refractivity contribution in [1.82, 2.24) is 9.80 Å². The van der Waals surface area contributed by atoms with Crippen molar-refractivity contribution < 1.29 is 23.9 Å². The fourth-order valence-corrected chi connectivity index (χ4v) is 5.39. The average Bonchev–Trinajstić information content (AvgIpc) is 2.99. The van der Waals surface area contributed by atoms with E-state index in [2.05, 4.69) is 11.8 Å². The van der Waals surface area contributed by atoms with E-state index in [-0.39, 0.29) is 17.9 Å². The van der Waals surface area contributed by atoms with E-state index in [9.17, 15) is 14.4 Å². The maximum atomic E-state index is 13.6. The highest BCUT2D eigenvalue weighted by atomic mass is 16.6. The second-order valence-corrected chi connectivity index (χ2v) is 12.4. The summed E-state index contributed by atoms with van der Waals surface area (Å²) < 4.78 is 10.6. The molecular formula is C35H47N3O5. The third kappa shape index (κ3) is 10.7. The lowest BCUT2D eigenvalue weighted by Gasteiger charge is -2.36. The Morgan fingerprint density at radius 1 is 1.00 bits per heavy atom. The minimum absolute atomic E-state index is 0.103. The number of carbonyl (C=O) groups is 3. The van der Waals surface area contributed by atoms with Crippen molar-refractivity contribution in [2.24, 2.45) is 5.92 Å². The number of hydrogen-bond acceptors (Lipinski definition) is 5. The van der Waals surface area contributed by atoms with Gasteiger partial charge >= 0.3 is 12.1 Å². The van der Waals surface area contributed by atoms with Crippen LogP contribution in [0.25, 0.3) is 16.0 Å². The third-order valence-corrected chi connectivity index (χ3v) is 7.69. The van der Waals surface area contributed by atoms with Gasteiger partial charge in [0.25, 0.3) is 0 Å². The van der Waals surface area contributed by atoms with E-state index in [1.807, 2.05) is 43.9 Å². The van der Waals surface area contributed by atoms with Crippen molar-refractivity contribution in [3.63, 3.8) is 0 Å². The molecule has 2 aromatic carbocycles. The Kier molecular flexibility index (Phi) is 12.6. The summed E-state index contributed by atoms with van der Waals surface area (Å²) >= 11 is 0. The molecule has 43 heavy (non-hydrogen) atoms. The highest BCUT2D eigenvalue weighted by molar-refractivity contribution is 5.91. The number of unbranched alkanes of at least 4 members (excludes halogenated alkanes) is 4. The van der Waals surface area contributed by atoms with Crippen LogP contribution in [0.3, 0.4) is 0 Å². The minimum Gasteiger partial charge on any atom is -0.465 e. The Balaban J connectivity index is 1.81. The molecule has 232 valence electrons. The van der Waals surface area contributed by atoms with E-state index in [1.54, 1.807) is 29.2 Å². The first-order valence-corrected chi connectivity index (χ1v) is 15.5. The number of benzene rings is 2. The predicted molar refractivity (Wildman–Crippen MR) is 169 cm³/mol. The number of methoxy groups -OCH3 is 1. The first-order chi connectivity index (χ1) is 20.5. The number of esters is 1. The summed E-state index contributed by atoms with van der Waals surface area (Å²) in [5.74, 6) is -0.0971. The summed E-state index contributed by atoms with van der Waals surface area (Å²) in [7, 11) is 1.35. The van der Waals surface area contributed by atoms with Gasteiger partial charge in [-0.05, 0) is 86.9 Å². The summed E-state index contributed by atoms with van der Waals surface area (Å²) in [6.45, 7) is 17.3. The smallest absolute Gasteiger partial charge is 0.410 e. The lowest BCUT2D eigenvalue weighted by Crippen LogP contribution is -2.44. The molecule has 2 aromatic rings. The first kappa shape index (κ1) is 33.6. The van der Waals surface area contributed by atoms with Crippen LogP contribution in [0.15, 0.2) is 42.5 Å². The second-order valence-electron chi connectivity index (χ2n) is 12.4. The van der Waals surface area contributed by atoms with Gasteiger partial charge in [0, 0.05) is 32.6 Å². The van der Waals surface area contributed by atoms with Gasteiger partial charge in [0.05, 0.1) is 19.2 Å². The van der Waals surface area contributed by atoms with Crippen molar-refractivity contribution >= 4 is 23.7 Å². The molecule has 0 bridgehead atoms. The van der Waals surface area contributed by atoms with Crippen molar-refractivity contribution in [2.75, 3.05) is 26.7 Å². The van der Waals surface area contributed by atoms with Crippen LogP contribution in [0.5, 0.6) is 0 Å². The normalized spacial score (nSPS) is 13.7. The molecule has 2 amide bonds. The van der Waals surface area contributed by atoms with Crippen LogP contribution in [-0.2, 0) is 20.8 Å². The molecular weight excluding hydrogens is 542 g/mol. The summed E-state index contributed by atoms with van der Waals surface area (Å²) in [6, 6.07) is 12.8. The van der Waals surface area contributed by atoms with Gasteiger partial charge in [-0.25, -0.2) is 14.4 Å². The largest absolute Gasteiger partial charge is 0.465 e. The Bertz CT molecular complexity index is 1290. The molecule has 1 aliphatic rings. The van der Waals surface area contributed by atoms with Crippen LogP contribution < -0.4 is 0 Å². The van der Waals surface area contributed by atoms with Gasteiger partial charge in [-0.2, -0.15) is 0 Å². The number of piperidine rings is 1. The van der Waals surface area contributed by atoms with Crippen LogP contribution in [0, 0.1) is 12.5 Å². The quantitative estimate of drug-likeness (QED) is 0.142. The summed E-state index contributed by atoms with van der Waals surface area (Å²) in [5.41, 5.74) is 2.82. The van der Waals surface area contributed by atoms with Gasteiger partial charge in [0.2, 0.25) is 5.91 Å². The molecule has 0 radical (unpaired) electrons. The van der Waals surface area contributed by atoms with Gasteiger partial charge in [-0.3, -0.25) is 4.79 Å². The number of amides is 2. The number of likely N-dealkylation sites (tertiary alicyclic amines) is 1. The van der Waals surface area contributed by atoms with Crippen molar-refractivity contribution in [2.45, 2.75) is 91.2 Å². The molecule has 0 N–H and O–H groups in total. The van der Waals surface area contributed by atoms with E-state index >= 15 is 0 Å². The van der Waals surface area contributed by atoms with Crippen LogP contribution >= 0.6 is 0 Å². The predicted octanol–water partition coefficient (Wildman–Crippen LogP) is 8.03. The Morgan fingerprint density at radius 2 is 1.72 bits per heavy atom. The number of hydrogen-bond donors (Lipinski definition) is 0. The van der Waals surface area contributed by atoms with E-state index in [0.29, 0.717) is 43.9 Å². The molecule has 0 saturated carbocycles. The monoisotopic (exact) mass is 589 g/mol. The highest BCUT2D eigenvalue weighted by Crippen LogP contribution is 2.28. The van der Waals surface area contributed by atoms with Crippen molar-refractivity contribution in [1.29, 1.82) is 0 Å². The second kappa shape index (κ2) is 16.1. The zero-order valence-electron chi connectivity index (χ0n) is 26.5. The summed E-state index contributed by atoms with van der Waals surface area (Å²) in [4.78, 5) is 46.0. The molecule has 0 atom stereocenters. The minimum atomic E-state index is -0.539. The van der Waals surface area contributed by atoms with E-state index < -0.39 is 11.6 Å². The van der Waals surface area contributed by atoms with E-state index in [4.69, 9.17) is 16.0 Å². The molecule has 1 saturated heterocycles. The van der Waals surface area contributed by atoms with Gasteiger partial charge < -0.3 is 19.3 Å². The van der Waals surface area contributed by atoms with Crippen LogP contribution in [-0.4, -0.2) is 60.1 Å². The Morgan fingerprint density at radius 3 is 2.37 bits per heavy atom. The van der Waals surface area contributed by atoms with Crippen molar-refractivity contribution in [3.05, 3.63) is 65.0 Å². The van der Waals surface area contributed by atoms with E-state index in [1.165, 1.54) is 13.5 Å². The van der Waals surface area contributed by atoms with Gasteiger partial charge in [0.1, 0.15) is 5.60 Å². The van der Waals surface area contributed by atoms with Crippen LogP contribution in [0.4, 0.5) is 10.5 Å². The SMILES string of the molecule is [C-]#[N+]c1cccc(-c2cc(CN(CC3CCN(C(=O)OC(C)(C)C)CC3)C(=O)CCCCCCC)cc(C(=O)OC)c2)c1. The first-order valence-electron chi connectivity index (χ1n) is 15.5. The lowest BCUT2D eigenvalue weighted by atomic mass is 9.95. The van der Waals surface area contributed by atoms with Gasteiger partial charge in [-0.1, -0.05) is 50.8 Å². The number of ether oxygens (including phenoxy) is 2. The standard InChI is InChI=1S/C35H47N3O5/c1-7-8-9-10-11-15-32(39)38(24-26-16-18-37(19-17-26)34(41)43-35(2,3)4)25-27-20-29(22-30(21-27)33(40)42-6)28-13-12-14-31(23-28)36-5/h12-14,20-23,26H,7-11,15-19,24-25H2,1-4,6H3. The molecule has 1 aliphatic heterocycles. The van der Waals surface area contributed by atoms with Gasteiger partial charge in [-0.15, -0.1) is 0 Å². The molecule has 1 heterocycles. The maximum absolute atomic E-state index is 13.6. The molecule has 0 unspecified atom stereocenters. The number of rotatable bonds is 12. The third-order valence-electron chi connectivity index (χ3n) is 7.69. The molecule has 1 fully saturated rings. The fraction of sp³-hybridized carbons (Fsp3) is 0.543. The number of carbonyl (C=O) groups excluding carboxylic acids is 3. The summed E-state index contributed by atoms with van der Waals surface area (Å²) in [5, 5.41) is 0. The van der Waals surface area contributed by atoms with Crippen molar-refractivity contribution in [3.8, 4) is 11.1 Å². The highest BCUT2D eigenvalue weighted by Gasteiger charge is 2.29. The molecule has 8 nitrogen and oxygen atoms in total. The summed E-state index contributed by atoms with van der Waals surface area (Å²) in [6.07, 6.45) is 7.10. The molecule has 0 spiro atoms. The van der Waals surface area contributed by atoms with Gasteiger partial charge in [0.15, 0.2) is 5.69 Å². The lowest BCUT2D eigenvalue weighted by molar-refractivity contribution is -0.132. The van der Waals surface area contributed by atoms with E-state index in [0.717, 1.165) is 55.2 Å².